The van der Waals surface area contributed by atoms with Gasteiger partial charge in [0.15, 0.2) is 0 Å². The predicted molar refractivity (Wildman–Crippen MR) is 157 cm³/mol. The van der Waals surface area contributed by atoms with E-state index in [0.29, 0.717) is 11.5 Å². The van der Waals surface area contributed by atoms with Crippen molar-refractivity contribution < 1.29 is 10.2 Å². The van der Waals surface area contributed by atoms with Crippen LogP contribution < -0.4 is 0 Å². The van der Waals surface area contributed by atoms with Crippen molar-refractivity contribution in [3.63, 3.8) is 0 Å². The van der Waals surface area contributed by atoms with Gasteiger partial charge in [0.1, 0.15) is 11.5 Å². The Morgan fingerprint density at radius 2 is 0.906 bits per heavy atom. The third-order valence-electron chi connectivity index (χ3n) is 4.22. The highest BCUT2D eigenvalue weighted by atomic mass is 32.3. The fraction of sp³-hybridized carbons (Fsp3) is 0.182. The Morgan fingerprint density at radius 1 is 0.562 bits per heavy atom. The van der Waals surface area contributed by atoms with Crippen LogP contribution in [-0.4, -0.2) is 22.7 Å². The number of hydrogen-bond acceptors (Lipinski definition) is 10. The van der Waals surface area contributed by atoms with Crippen molar-refractivity contribution >= 4 is 94.1 Å². The molecule has 0 amide bonds. The van der Waals surface area contributed by atoms with Gasteiger partial charge in [0, 0.05) is 11.5 Å². The average molecular weight is 573 g/mol. The van der Waals surface area contributed by atoms with Gasteiger partial charge in [-0.2, -0.15) is 0 Å². The number of aromatic hydroxyl groups is 2. The van der Waals surface area contributed by atoms with E-state index in [1.54, 1.807) is 24.3 Å². The second-order valence-electron chi connectivity index (χ2n) is 6.45. The summed E-state index contributed by atoms with van der Waals surface area (Å²) in [5.74, 6) is 2.36. The normalized spacial score (nSPS) is 16.6. The van der Waals surface area contributed by atoms with Gasteiger partial charge in [0.05, 0.1) is 25.4 Å². The van der Waals surface area contributed by atoms with Gasteiger partial charge in [-0.3, -0.25) is 0 Å². The van der Waals surface area contributed by atoms with Crippen molar-refractivity contribution in [2.24, 2.45) is 0 Å². The number of phenols is 2. The Balaban J connectivity index is 1.49. The first-order chi connectivity index (χ1) is 15.6. The molecule has 2 aromatic rings. The van der Waals surface area contributed by atoms with Gasteiger partial charge in [0.25, 0.3) is 0 Å². The SMILES string of the molecule is CSC1=C(SC)SC(=C2SC(SCc3ccc(O)cc3)=C(SCc3ccc(O)cc3)S2)S1. The molecule has 10 heteroatoms. The first-order valence-corrected chi connectivity index (χ1v) is 17.1. The maximum atomic E-state index is 9.55. The molecule has 2 aromatic carbocycles. The molecule has 2 aliphatic rings. The van der Waals surface area contributed by atoms with E-state index in [2.05, 4.69) is 12.5 Å². The quantitative estimate of drug-likeness (QED) is 0.320. The Morgan fingerprint density at radius 3 is 1.25 bits per heavy atom. The zero-order valence-electron chi connectivity index (χ0n) is 17.2. The fourth-order valence-electron chi connectivity index (χ4n) is 2.62. The number of thioether (sulfide) groups is 8. The molecule has 0 radical (unpaired) electrons. The minimum Gasteiger partial charge on any atom is -0.508 e. The lowest BCUT2D eigenvalue weighted by molar-refractivity contribution is 0.474. The van der Waals surface area contributed by atoms with Crippen LogP contribution >= 0.6 is 94.1 Å². The fourth-order valence-corrected chi connectivity index (χ4v) is 13.7. The summed E-state index contributed by atoms with van der Waals surface area (Å²) >= 11 is 15.0. The van der Waals surface area contributed by atoms with Gasteiger partial charge >= 0.3 is 0 Å². The zero-order chi connectivity index (χ0) is 22.5. The standard InChI is InChI=1S/C22H20O2S8/c1-25-17-18(26-2)30-21(29-17)22-31-19(27-11-13-3-7-15(23)8-4-13)20(32-22)28-12-14-5-9-16(24)10-6-14/h3-10,23-24H,11-12H2,1-2H3. The van der Waals surface area contributed by atoms with Crippen LogP contribution in [0.4, 0.5) is 0 Å². The molecule has 0 atom stereocenters. The first kappa shape index (κ1) is 25.2. The third-order valence-corrected chi connectivity index (χ3v) is 15.6. The van der Waals surface area contributed by atoms with Gasteiger partial charge in [-0.25, -0.2) is 0 Å². The van der Waals surface area contributed by atoms with E-state index in [9.17, 15) is 10.2 Å². The molecule has 32 heavy (non-hydrogen) atoms. The first-order valence-electron chi connectivity index (χ1n) is 9.39. The lowest BCUT2D eigenvalue weighted by Crippen LogP contribution is -1.81. The molecule has 0 bridgehead atoms. The molecule has 0 saturated carbocycles. The Hall–Kier alpha value is 0.0600. The highest BCUT2D eigenvalue weighted by molar-refractivity contribution is 8.44. The van der Waals surface area contributed by atoms with E-state index >= 15 is 0 Å². The van der Waals surface area contributed by atoms with Crippen molar-refractivity contribution in [1.29, 1.82) is 0 Å². The van der Waals surface area contributed by atoms with Crippen molar-refractivity contribution in [3.05, 3.63) is 85.1 Å². The molecule has 2 N–H and O–H groups in total. The molecule has 168 valence electrons. The van der Waals surface area contributed by atoms with Crippen LogP contribution in [0.5, 0.6) is 11.5 Å². The number of hydrogen-bond donors (Lipinski definition) is 2. The van der Waals surface area contributed by atoms with E-state index in [0.717, 1.165) is 11.5 Å². The summed E-state index contributed by atoms with van der Waals surface area (Å²) in [6, 6.07) is 14.9. The van der Waals surface area contributed by atoms with E-state index in [1.807, 2.05) is 118 Å². The minimum atomic E-state index is 0.304. The molecule has 0 saturated heterocycles. The molecule has 2 heterocycles. The zero-order valence-corrected chi connectivity index (χ0v) is 23.7. The lowest BCUT2D eigenvalue weighted by Gasteiger charge is -2.06. The van der Waals surface area contributed by atoms with Gasteiger partial charge in [-0.05, 0) is 47.9 Å². The number of rotatable bonds is 8. The van der Waals surface area contributed by atoms with Crippen molar-refractivity contribution in [1.82, 2.24) is 0 Å². The van der Waals surface area contributed by atoms with Crippen LogP contribution in [0.2, 0.25) is 0 Å². The van der Waals surface area contributed by atoms with E-state index in [4.69, 9.17) is 0 Å². The van der Waals surface area contributed by atoms with Gasteiger partial charge < -0.3 is 10.2 Å². The van der Waals surface area contributed by atoms with E-state index in [-0.39, 0.29) is 0 Å². The highest BCUT2D eigenvalue weighted by Crippen LogP contribution is 2.66. The second kappa shape index (κ2) is 12.2. The Kier molecular flexibility index (Phi) is 9.55. The van der Waals surface area contributed by atoms with E-state index < -0.39 is 0 Å². The van der Waals surface area contributed by atoms with E-state index in [1.165, 1.54) is 36.5 Å². The molecule has 0 aromatic heterocycles. The Bertz CT molecular complexity index is 977. The topological polar surface area (TPSA) is 40.5 Å². The van der Waals surface area contributed by atoms with Crippen LogP contribution in [0.15, 0.2) is 74.0 Å². The number of phenolic OH excluding ortho intramolecular Hbond substituents is 2. The van der Waals surface area contributed by atoms with Gasteiger partial charge in [-0.1, -0.05) is 71.3 Å². The van der Waals surface area contributed by atoms with Gasteiger partial charge in [-0.15, -0.1) is 47.0 Å². The monoisotopic (exact) mass is 572 g/mol. The molecular formula is C22H20O2S8. The van der Waals surface area contributed by atoms with Gasteiger partial charge in [0.2, 0.25) is 0 Å². The number of benzene rings is 2. The summed E-state index contributed by atoms with van der Waals surface area (Å²) in [5.41, 5.74) is 2.41. The smallest absolute Gasteiger partial charge is 0.115 e. The summed E-state index contributed by atoms with van der Waals surface area (Å²) < 4.78 is 8.25. The van der Waals surface area contributed by atoms with Crippen molar-refractivity contribution in [3.8, 4) is 11.5 Å². The van der Waals surface area contributed by atoms with Crippen molar-refractivity contribution in [2.75, 3.05) is 12.5 Å². The summed E-state index contributed by atoms with van der Waals surface area (Å²) in [5, 5.41) is 19.1. The minimum absolute atomic E-state index is 0.304. The molecule has 4 rings (SSSR count). The Labute approximate surface area is 223 Å². The largest absolute Gasteiger partial charge is 0.508 e. The molecule has 0 aliphatic carbocycles. The van der Waals surface area contributed by atoms with Crippen LogP contribution in [-0.2, 0) is 11.5 Å². The highest BCUT2D eigenvalue weighted by Gasteiger charge is 2.30. The summed E-state index contributed by atoms with van der Waals surface area (Å²) in [6.07, 6.45) is 4.30. The summed E-state index contributed by atoms with van der Waals surface area (Å²) in [4.78, 5) is 0. The van der Waals surface area contributed by atoms with Crippen LogP contribution in [0.3, 0.4) is 0 Å². The molecule has 0 spiro atoms. The van der Waals surface area contributed by atoms with Crippen molar-refractivity contribution in [2.45, 2.75) is 11.5 Å². The molecule has 2 nitrogen and oxygen atoms in total. The van der Waals surface area contributed by atoms with Crippen LogP contribution in [0, 0.1) is 0 Å². The summed E-state index contributed by atoms with van der Waals surface area (Å²) in [6.45, 7) is 0. The molecule has 0 fully saturated rings. The summed E-state index contributed by atoms with van der Waals surface area (Å²) in [7, 11) is 0. The molecular weight excluding hydrogens is 553 g/mol. The average Bonchev–Trinajstić information content (AvgIpc) is 3.42. The van der Waals surface area contributed by atoms with Crippen LogP contribution in [0.1, 0.15) is 11.1 Å². The third kappa shape index (κ3) is 6.59. The second-order valence-corrected chi connectivity index (χ2v) is 15.7. The lowest BCUT2D eigenvalue weighted by atomic mass is 10.2. The predicted octanol–water partition coefficient (Wildman–Crippen LogP) is 9.33. The maximum Gasteiger partial charge on any atom is 0.115 e. The van der Waals surface area contributed by atoms with Crippen LogP contribution in [0.25, 0.3) is 0 Å². The maximum absolute atomic E-state index is 9.55. The molecule has 2 aliphatic heterocycles. The molecule has 0 unspecified atom stereocenters.